The Bertz CT molecular complexity index is 690. The van der Waals surface area contributed by atoms with Crippen LogP contribution in [0.2, 0.25) is 0 Å². The molecule has 1 N–H and O–H groups in total. The van der Waals surface area contributed by atoms with E-state index in [0.29, 0.717) is 11.0 Å². The quantitative estimate of drug-likeness (QED) is 0.853. The van der Waals surface area contributed by atoms with Crippen molar-refractivity contribution in [2.24, 2.45) is 23.2 Å². The summed E-state index contributed by atoms with van der Waals surface area (Å²) in [4.78, 5) is 24.4. The van der Waals surface area contributed by atoms with Crippen LogP contribution in [0.3, 0.4) is 0 Å². The van der Waals surface area contributed by atoms with Gasteiger partial charge >= 0.3 is 5.97 Å². The number of amides is 1. The Morgan fingerprint density at radius 3 is 2.40 bits per heavy atom. The maximum Gasteiger partial charge on any atom is 0.339 e. The molecule has 4 saturated carbocycles. The first-order valence-electron chi connectivity index (χ1n) is 9.67. The fourth-order valence-electron chi connectivity index (χ4n) is 6.40. The second kappa shape index (κ2) is 5.58. The molecule has 1 aromatic rings. The first-order valence-corrected chi connectivity index (χ1v) is 9.67. The molecule has 0 aromatic heterocycles. The van der Waals surface area contributed by atoms with Gasteiger partial charge in [-0.2, -0.15) is 0 Å². The molecule has 0 unspecified atom stereocenters. The van der Waals surface area contributed by atoms with Gasteiger partial charge in [-0.3, -0.25) is 4.79 Å². The van der Waals surface area contributed by atoms with Gasteiger partial charge in [0.2, 0.25) is 5.91 Å². The SMILES string of the molecule is O=C(C[C@H]1OC(=O)c2ccccc21)NCC12CC3CC(CC(C3)C1)C2. The summed E-state index contributed by atoms with van der Waals surface area (Å²) in [6.07, 6.45) is 7.93. The van der Waals surface area contributed by atoms with Crippen LogP contribution in [0, 0.1) is 23.2 Å². The van der Waals surface area contributed by atoms with E-state index in [4.69, 9.17) is 4.74 Å². The molecule has 1 atom stereocenters. The molecule has 4 heteroatoms. The summed E-state index contributed by atoms with van der Waals surface area (Å²) in [5, 5.41) is 3.18. The minimum absolute atomic E-state index is 0.00486. The average Bonchev–Trinajstić information content (AvgIpc) is 2.88. The lowest BCUT2D eigenvalue weighted by Crippen LogP contribution is -2.51. The third kappa shape index (κ3) is 2.66. The van der Waals surface area contributed by atoms with E-state index in [-0.39, 0.29) is 18.3 Å². The number of benzene rings is 1. The van der Waals surface area contributed by atoms with Crippen LogP contribution in [-0.2, 0) is 9.53 Å². The standard InChI is InChI=1S/C21H25NO3/c23-19(8-18-16-3-1-2-4-17(16)20(24)25-18)22-12-21-9-13-5-14(10-21)7-15(6-13)11-21/h1-4,13-15,18H,5-12H2,(H,22,23)/t13?,14?,15?,18-,21?/m1/s1. The molecule has 4 nitrogen and oxygen atoms in total. The van der Waals surface area contributed by atoms with Gasteiger partial charge < -0.3 is 10.1 Å². The summed E-state index contributed by atoms with van der Waals surface area (Å²) >= 11 is 0. The summed E-state index contributed by atoms with van der Waals surface area (Å²) in [7, 11) is 0. The van der Waals surface area contributed by atoms with Crippen LogP contribution in [0.5, 0.6) is 0 Å². The minimum atomic E-state index is -0.430. The highest BCUT2D eigenvalue weighted by atomic mass is 16.5. The second-order valence-electron chi connectivity index (χ2n) is 8.88. The van der Waals surface area contributed by atoms with Gasteiger partial charge in [0.05, 0.1) is 12.0 Å². The molecule has 5 aliphatic rings. The van der Waals surface area contributed by atoms with Crippen molar-refractivity contribution >= 4 is 11.9 Å². The van der Waals surface area contributed by atoms with Crippen molar-refractivity contribution in [3.63, 3.8) is 0 Å². The van der Waals surface area contributed by atoms with E-state index in [1.165, 1.54) is 38.5 Å². The van der Waals surface area contributed by atoms with Gasteiger partial charge in [-0.15, -0.1) is 0 Å². The third-order valence-corrected chi connectivity index (χ3v) is 6.97. The molecule has 6 rings (SSSR count). The molecule has 1 amide bonds. The molecule has 1 aliphatic heterocycles. The molecular formula is C21H25NO3. The third-order valence-electron chi connectivity index (χ3n) is 6.97. The lowest BCUT2D eigenvalue weighted by molar-refractivity contribution is -0.125. The summed E-state index contributed by atoms with van der Waals surface area (Å²) in [5.41, 5.74) is 1.79. The number of esters is 1. The van der Waals surface area contributed by atoms with Crippen LogP contribution >= 0.6 is 0 Å². The fraction of sp³-hybridized carbons (Fsp3) is 0.619. The normalized spacial score (nSPS) is 37.7. The van der Waals surface area contributed by atoms with Gasteiger partial charge in [-0.25, -0.2) is 4.79 Å². The highest BCUT2D eigenvalue weighted by Crippen LogP contribution is 2.59. The molecule has 1 aromatic carbocycles. The van der Waals surface area contributed by atoms with Crippen LogP contribution in [0.25, 0.3) is 0 Å². The zero-order valence-corrected chi connectivity index (χ0v) is 14.5. The number of hydrogen-bond donors (Lipinski definition) is 1. The Kier molecular flexibility index (Phi) is 3.44. The molecule has 132 valence electrons. The van der Waals surface area contributed by atoms with Crippen molar-refractivity contribution in [3.05, 3.63) is 35.4 Å². The molecule has 0 radical (unpaired) electrons. The van der Waals surface area contributed by atoms with Gasteiger partial charge in [0, 0.05) is 12.1 Å². The van der Waals surface area contributed by atoms with Crippen LogP contribution in [0.1, 0.15) is 67.0 Å². The van der Waals surface area contributed by atoms with Crippen molar-refractivity contribution in [2.45, 2.75) is 51.0 Å². The molecule has 0 saturated heterocycles. The molecule has 0 spiro atoms. The summed E-state index contributed by atoms with van der Waals surface area (Å²) < 4.78 is 5.40. The predicted molar refractivity (Wildman–Crippen MR) is 92.8 cm³/mol. The van der Waals surface area contributed by atoms with Crippen LogP contribution in [-0.4, -0.2) is 18.4 Å². The summed E-state index contributed by atoms with van der Waals surface area (Å²) in [6.45, 7) is 0.803. The number of hydrogen-bond acceptors (Lipinski definition) is 3. The van der Waals surface area contributed by atoms with E-state index in [1.54, 1.807) is 6.07 Å². The van der Waals surface area contributed by atoms with E-state index < -0.39 is 6.10 Å². The molecular weight excluding hydrogens is 314 g/mol. The van der Waals surface area contributed by atoms with E-state index in [1.807, 2.05) is 18.2 Å². The molecule has 4 aliphatic carbocycles. The molecule has 25 heavy (non-hydrogen) atoms. The Hall–Kier alpha value is -1.84. The first-order chi connectivity index (χ1) is 12.1. The number of carbonyl (C=O) groups is 2. The van der Waals surface area contributed by atoms with Gasteiger partial charge in [-0.05, 0) is 67.8 Å². The van der Waals surface area contributed by atoms with Crippen molar-refractivity contribution in [2.75, 3.05) is 6.54 Å². The number of nitrogens with one attached hydrogen (secondary N) is 1. The topological polar surface area (TPSA) is 55.4 Å². The van der Waals surface area contributed by atoms with Crippen LogP contribution in [0.4, 0.5) is 0 Å². The molecule has 4 bridgehead atoms. The Labute approximate surface area is 148 Å². The zero-order valence-electron chi connectivity index (χ0n) is 14.5. The fourth-order valence-corrected chi connectivity index (χ4v) is 6.40. The number of ether oxygens (including phenoxy) is 1. The van der Waals surface area contributed by atoms with E-state index >= 15 is 0 Å². The minimum Gasteiger partial charge on any atom is -0.453 e. The lowest BCUT2D eigenvalue weighted by Gasteiger charge is -2.56. The average molecular weight is 339 g/mol. The highest BCUT2D eigenvalue weighted by molar-refractivity contribution is 5.94. The van der Waals surface area contributed by atoms with Crippen molar-refractivity contribution in [1.29, 1.82) is 0 Å². The van der Waals surface area contributed by atoms with Crippen molar-refractivity contribution in [3.8, 4) is 0 Å². The number of carbonyl (C=O) groups excluding carboxylic acids is 2. The van der Waals surface area contributed by atoms with E-state index in [2.05, 4.69) is 5.32 Å². The number of rotatable bonds is 4. The van der Waals surface area contributed by atoms with Gasteiger partial charge in [-0.1, -0.05) is 18.2 Å². The Morgan fingerprint density at radius 2 is 1.72 bits per heavy atom. The maximum absolute atomic E-state index is 12.5. The summed E-state index contributed by atoms with van der Waals surface area (Å²) in [5.74, 6) is 2.38. The van der Waals surface area contributed by atoms with Crippen LogP contribution < -0.4 is 5.32 Å². The second-order valence-corrected chi connectivity index (χ2v) is 8.88. The lowest BCUT2D eigenvalue weighted by atomic mass is 9.49. The Balaban J connectivity index is 1.22. The van der Waals surface area contributed by atoms with Gasteiger partial charge in [0.1, 0.15) is 6.10 Å². The monoisotopic (exact) mass is 339 g/mol. The van der Waals surface area contributed by atoms with E-state index in [0.717, 1.165) is 29.9 Å². The maximum atomic E-state index is 12.5. The summed E-state index contributed by atoms with van der Waals surface area (Å²) in [6, 6.07) is 7.37. The number of cyclic esters (lactones) is 1. The van der Waals surface area contributed by atoms with Gasteiger partial charge in [0.15, 0.2) is 0 Å². The zero-order chi connectivity index (χ0) is 17.0. The first kappa shape index (κ1) is 15.4. The largest absolute Gasteiger partial charge is 0.453 e. The predicted octanol–water partition coefficient (Wildman–Crippen LogP) is 3.62. The number of fused-ring (bicyclic) bond motifs is 1. The smallest absolute Gasteiger partial charge is 0.339 e. The van der Waals surface area contributed by atoms with E-state index in [9.17, 15) is 9.59 Å². The van der Waals surface area contributed by atoms with Gasteiger partial charge in [0.25, 0.3) is 0 Å². The van der Waals surface area contributed by atoms with Crippen molar-refractivity contribution < 1.29 is 14.3 Å². The Morgan fingerprint density at radius 1 is 1.08 bits per heavy atom. The van der Waals surface area contributed by atoms with Crippen molar-refractivity contribution in [1.82, 2.24) is 5.32 Å². The highest BCUT2D eigenvalue weighted by Gasteiger charge is 2.50. The van der Waals surface area contributed by atoms with Crippen LogP contribution in [0.15, 0.2) is 24.3 Å². The molecule has 1 heterocycles. The molecule has 4 fully saturated rings.